The molecular formula is C23H26ClN3O3. The first-order valence-electron chi connectivity index (χ1n) is 9.93. The monoisotopic (exact) mass is 427 g/mol. The van der Waals surface area contributed by atoms with Gasteiger partial charge < -0.3 is 5.32 Å². The van der Waals surface area contributed by atoms with E-state index in [9.17, 15) is 14.4 Å². The van der Waals surface area contributed by atoms with Crippen molar-refractivity contribution in [2.45, 2.75) is 58.9 Å². The quantitative estimate of drug-likeness (QED) is 0.746. The lowest BCUT2D eigenvalue weighted by Gasteiger charge is -2.21. The molecule has 0 spiro atoms. The molecule has 1 aliphatic rings. The standard InChI is InChI=1S/C23H26ClN3O3/c1-12-6-15(22-25-10-16(24)11-26-22)7-13(2)19(12)20-17(28)8-14(21(20)30)9-18(29)27-23(3,4)5/h6-7,10-11,14,20H,8-9H2,1-5H3,(H,27,29)/t14-,20+/m0/s1. The van der Waals surface area contributed by atoms with Gasteiger partial charge in [-0.1, -0.05) is 11.6 Å². The third-order valence-electron chi connectivity index (χ3n) is 5.16. The third-order valence-corrected chi connectivity index (χ3v) is 5.36. The molecule has 30 heavy (non-hydrogen) atoms. The highest BCUT2D eigenvalue weighted by Gasteiger charge is 2.44. The van der Waals surface area contributed by atoms with Crippen molar-refractivity contribution >= 4 is 29.1 Å². The zero-order valence-electron chi connectivity index (χ0n) is 17.9. The second kappa shape index (κ2) is 8.26. The molecule has 1 aromatic heterocycles. The fourth-order valence-corrected chi connectivity index (χ4v) is 4.14. The van der Waals surface area contributed by atoms with Crippen molar-refractivity contribution in [1.82, 2.24) is 15.3 Å². The van der Waals surface area contributed by atoms with Crippen LogP contribution in [-0.2, 0) is 14.4 Å². The number of carbonyl (C=O) groups excluding carboxylic acids is 3. The summed E-state index contributed by atoms with van der Waals surface area (Å²) in [5, 5.41) is 3.31. The van der Waals surface area contributed by atoms with E-state index in [1.165, 1.54) is 12.4 Å². The minimum absolute atomic E-state index is 0.0349. The van der Waals surface area contributed by atoms with Gasteiger partial charge in [0.15, 0.2) is 11.6 Å². The first-order valence-corrected chi connectivity index (χ1v) is 10.3. The Balaban J connectivity index is 1.86. The number of hydrogen-bond acceptors (Lipinski definition) is 5. The number of aryl methyl sites for hydroxylation is 2. The highest BCUT2D eigenvalue weighted by Crippen LogP contribution is 2.38. The van der Waals surface area contributed by atoms with Crippen LogP contribution in [0, 0.1) is 19.8 Å². The SMILES string of the molecule is Cc1cc(-c2ncc(Cl)cn2)cc(C)c1[C@H]1C(=O)C[C@@H](CC(=O)NC(C)(C)C)C1=O. The summed E-state index contributed by atoms with van der Waals surface area (Å²) in [4.78, 5) is 46.6. The normalized spacial score (nSPS) is 19.3. The van der Waals surface area contributed by atoms with E-state index in [1.54, 1.807) is 0 Å². The highest BCUT2D eigenvalue weighted by atomic mass is 35.5. The van der Waals surface area contributed by atoms with Crippen molar-refractivity contribution in [3.63, 3.8) is 0 Å². The number of halogens is 1. The molecule has 1 saturated carbocycles. The predicted octanol–water partition coefficient (Wildman–Crippen LogP) is 3.96. The van der Waals surface area contributed by atoms with Gasteiger partial charge in [-0.25, -0.2) is 9.97 Å². The molecule has 7 heteroatoms. The summed E-state index contributed by atoms with van der Waals surface area (Å²) in [5.74, 6) is -1.39. The van der Waals surface area contributed by atoms with Crippen LogP contribution >= 0.6 is 11.6 Å². The molecule has 1 aliphatic carbocycles. The van der Waals surface area contributed by atoms with Crippen molar-refractivity contribution < 1.29 is 14.4 Å². The fourth-order valence-electron chi connectivity index (χ4n) is 4.05. The maximum atomic E-state index is 13.1. The molecule has 2 aromatic rings. The van der Waals surface area contributed by atoms with Crippen molar-refractivity contribution in [2.75, 3.05) is 0 Å². The van der Waals surface area contributed by atoms with E-state index in [-0.39, 0.29) is 35.9 Å². The van der Waals surface area contributed by atoms with Gasteiger partial charge in [0.25, 0.3) is 0 Å². The van der Waals surface area contributed by atoms with Gasteiger partial charge in [-0.05, 0) is 63.4 Å². The molecule has 2 atom stereocenters. The Bertz CT molecular complexity index is 986. The summed E-state index contributed by atoms with van der Waals surface area (Å²) in [5.41, 5.74) is 2.80. The molecule has 1 fully saturated rings. The number of nitrogens with one attached hydrogen (secondary N) is 1. The number of carbonyl (C=O) groups is 3. The topological polar surface area (TPSA) is 89.0 Å². The van der Waals surface area contributed by atoms with E-state index < -0.39 is 11.8 Å². The second-order valence-corrected chi connectivity index (χ2v) is 9.39. The van der Waals surface area contributed by atoms with Crippen LogP contribution in [0.1, 0.15) is 56.2 Å². The van der Waals surface area contributed by atoms with Crippen LogP contribution in [0.4, 0.5) is 0 Å². The molecule has 1 N–H and O–H groups in total. The molecule has 6 nitrogen and oxygen atoms in total. The van der Waals surface area contributed by atoms with Crippen molar-refractivity contribution in [1.29, 1.82) is 0 Å². The lowest BCUT2D eigenvalue weighted by Crippen LogP contribution is -2.41. The summed E-state index contributed by atoms with van der Waals surface area (Å²) in [6, 6.07) is 3.76. The zero-order valence-corrected chi connectivity index (χ0v) is 18.6. The molecule has 1 amide bonds. The van der Waals surface area contributed by atoms with Crippen LogP contribution in [0.5, 0.6) is 0 Å². The van der Waals surface area contributed by atoms with E-state index in [1.807, 2.05) is 46.8 Å². The Labute approximate surface area is 181 Å². The van der Waals surface area contributed by atoms with Gasteiger partial charge in [-0.2, -0.15) is 0 Å². The second-order valence-electron chi connectivity index (χ2n) is 8.95. The molecule has 1 aromatic carbocycles. The van der Waals surface area contributed by atoms with Crippen molar-refractivity contribution in [3.05, 3.63) is 46.2 Å². The molecule has 0 saturated heterocycles. The molecule has 3 rings (SSSR count). The first kappa shape index (κ1) is 22.1. The summed E-state index contributed by atoms with van der Waals surface area (Å²) in [7, 11) is 0. The summed E-state index contributed by atoms with van der Waals surface area (Å²) in [6.07, 6.45) is 3.19. The Kier molecular flexibility index (Phi) is 6.09. The number of aromatic nitrogens is 2. The fraction of sp³-hybridized carbons (Fsp3) is 0.435. The van der Waals surface area contributed by atoms with Gasteiger partial charge in [-0.3, -0.25) is 14.4 Å². The van der Waals surface area contributed by atoms with Gasteiger partial charge in [0.05, 0.1) is 5.02 Å². The summed E-state index contributed by atoms with van der Waals surface area (Å²) >= 11 is 5.86. The predicted molar refractivity (Wildman–Crippen MR) is 115 cm³/mol. The largest absolute Gasteiger partial charge is 0.351 e. The maximum absolute atomic E-state index is 13.1. The molecule has 0 bridgehead atoms. The molecule has 1 heterocycles. The summed E-state index contributed by atoms with van der Waals surface area (Å²) < 4.78 is 0. The number of amides is 1. The Morgan fingerprint density at radius 2 is 1.70 bits per heavy atom. The molecule has 0 unspecified atom stereocenters. The van der Waals surface area contributed by atoms with Crippen LogP contribution in [0.2, 0.25) is 5.02 Å². The molecule has 0 aliphatic heterocycles. The Morgan fingerprint density at radius 3 is 2.23 bits per heavy atom. The summed E-state index contributed by atoms with van der Waals surface area (Å²) in [6.45, 7) is 9.40. The minimum Gasteiger partial charge on any atom is -0.351 e. The van der Waals surface area contributed by atoms with Gasteiger partial charge in [-0.15, -0.1) is 0 Å². The first-order chi connectivity index (χ1) is 14.0. The van der Waals surface area contributed by atoms with E-state index in [2.05, 4.69) is 15.3 Å². The van der Waals surface area contributed by atoms with Gasteiger partial charge >= 0.3 is 0 Å². The van der Waals surface area contributed by atoms with Crippen LogP contribution in [0.25, 0.3) is 11.4 Å². The zero-order chi connectivity index (χ0) is 22.2. The lowest BCUT2D eigenvalue weighted by molar-refractivity contribution is -0.129. The van der Waals surface area contributed by atoms with Crippen LogP contribution < -0.4 is 5.32 Å². The minimum atomic E-state index is -0.822. The van der Waals surface area contributed by atoms with Crippen molar-refractivity contribution in [2.24, 2.45) is 5.92 Å². The van der Waals surface area contributed by atoms with Crippen LogP contribution in [0.15, 0.2) is 24.5 Å². The maximum Gasteiger partial charge on any atom is 0.221 e. The lowest BCUT2D eigenvalue weighted by atomic mass is 9.86. The van der Waals surface area contributed by atoms with E-state index in [4.69, 9.17) is 11.6 Å². The van der Waals surface area contributed by atoms with Gasteiger partial charge in [0.1, 0.15) is 11.7 Å². The Morgan fingerprint density at radius 1 is 1.13 bits per heavy atom. The van der Waals surface area contributed by atoms with Crippen molar-refractivity contribution in [3.8, 4) is 11.4 Å². The number of ketones is 2. The van der Waals surface area contributed by atoms with E-state index >= 15 is 0 Å². The average Bonchev–Trinajstić information content (AvgIpc) is 2.87. The molecular weight excluding hydrogens is 402 g/mol. The average molecular weight is 428 g/mol. The number of Topliss-reactive ketones (excluding diaryl/α,β-unsaturated/α-hetero) is 2. The number of nitrogens with zero attached hydrogens (tertiary/aromatic N) is 2. The number of hydrogen-bond donors (Lipinski definition) is 1. The van der Waals surface area contributed by atoms with E-state index in [0.717, 1.165) is 22.3 Å². The van der Waals surface area contributed by atoms with Gasteiger partial charge in [0, 0.05) is 42.3 Å². The molecule has 158 valence electrons. The molecule has 0 radical (unpaired) electrons. The van der Waals surface area contributed by atoms with Crippen LogP contribution in [0.3, 0.4) is 0 Å². The smallest absolute Gasteiger partial charge is 0.221 e. The number of rotatable bonds is 4. The Hall–Kier alpha value is -2.60. The number of benzene rings is 1. The highest BCUT2D eigenvalue weighted by molar-refractivity contribution is 6.30. The van der Waals surface area contributed by atoms with Crippen LogP contribution in [-0.4, -0.2) is 33.0 Å². The third kappa shape index (κ3) is 4.75. The van der Waals surface area contributed by atoms with Gasteiger partial charge in [0.2, 0.25) is 5.91 Å². The van der Waals surface area contributed by atoms with E-state index in [0.29, 0.717) is 10.8 Å².